The quantitative estimate of drug-likeness (QED) is 0.882. The van der Waals surface area contributed by atoms with Crippen LogP contribution in [-0.2, 0) is 4.79 Å². The number of hydrogen-bond donors (Lipinski definition) is 1. The van der Waals surface area contributed by atoms with Crippen molar-refractivity contribution in [2.24, 2.45) is 0 Å². The number of amides is 1. The Morgan fingerprint density at radius 1 is 1.37 bits per heavy atom. The van der Waals surface area contributed by atoms with Gasteiger partial charge in [-0.3, -0.25) is 4.79 Å². The Kier molecular flexibility index (Phi) is 4.80. The summed E-state index contributed by atoms with van der Waals surface area (Å²) in [5.74, 6) is 1.05. The van der Waals surface area contributed by atoms with Crippen molar-refractivity contribution in [1.29, 1.82) is 0 Å². The molecule has 104 valence electrons. The van der Waals surface area contributed by atoms with E-state index < -0.39 is 0 Å². The van der Waals surface area contributed by atoms with E-state index in [-0.39, 0.29) is 11.9 Å². The Morgan fingerprint density at radius 3 is 2.74 bits per heavy atom. The van der Waals surface area contributed by atoms with E-state index in [0.717, 1.165) is 37.2 Å². The summed E-state index contributed by atoms with van der Waals surface area (Å²) >= 11 is 0. The van der Waals surface area contributed by atoms with E-state index in [1.54, 1.807) is 7.11 Å². The Bertz CT molecular complexity index is 428. The molecule has 0 saturated carbocycles. The maximum Gasteiger partial charge on any atom is 0.236 e. The van der Waals surface area contributed by atoms with Crippen LogP contribution in [0.2, 0.25) is 0 Å². The van der Waals surface area contributed by atoms with Crippen LogP contribution in [0.25, 0.3) is 0 Å². The summed E-state index contributed by atoms with van der Waals surface area (Å²) in [6.45, 7) is 4.25. The molecule has 1 amide bonds. The average Bonchev–Trinajstić information content (AvgIpc) is 2.98. The van der Waals surface area contributed by atoms with E-state index in [1.807, 2.05) is 29.2 Å². The molecule has 1 N–H and O–H groups in total. The van der Waals surface area contributed by atoms with E-state index in [2.05, 4.69) is 12.2 Å². The fourth-order valence-electron chi connectivity index (χ4n) is 2.45. The van der Waals surface area contributed by atoms with Crippen LogP contribution in [0.4, 0.5) is 0 Å². The molecule has 1 aromatic rings. The number of rotatable bonds is 5. The number of benzene rings is 1. The highest BCUT2D eigenvalue weighted by molar-refractivity contribution is 5.78. The second kappa shape index (κ2) is 6.57. The van der Waals surface area contributed by atoms with E-state index in [9.17, 15) is 4.79 Å². The van der Waals surface area contributed by atoms with Gasteiger partial charge in [0, 0.05) is 24.7 Å². The molecule has 1 heterocycles. The van der Waals surface area contributed by atoms with E-state index in [0.29, 0.717) is 6.54 Å². The first-order chi connectivity index (χ1) is 9.22. The maximum absolute atomic E-state index is 12.0. The summed E-state index contributed by atoms with van der Waals surface area (Å²) in [7, 11) is 1.67. The van der Waals surface area contributed by atoms with Crippen molar-refractivity contribution in [3.8, 4) is 5.75 Å². The van der Waals surface area contributed by atoms with Crippen LogP contribution >= 0.6 is 0 Å². The lowest BCUT2D eigenvalue weighted by atomic mass is 10.1. The summed E-state index contributed by atoms with van der Waals surface area (Å²) in [5, 5.41) is 3.28. The third-order valence-corrected chi connectivity index (χ3v) is 3.62. The molecule has 0 aliphatic carbocycles. The van der Waals surface area contributed by atoms with E-state index in [4.69, 9.17) is 4.74 Å². The van der Waals surface area contributed by atoms with Gasteiger partial charge in [-0.25, -0.2) is 0 Å². The second-order valence-corrected chi connectivity index (χ2v) is 4.93. The zero-order valence-corrected chi connectivity index (χ0v) is 11.7. The first kappa shape index (κ1) is 13.9. The zero-order valence-electron chi connectivity index (χ0n) is 11.7. The van der Waals surface area contributed by atoms with Crippen molar-refractivity contribution in [3.05, 3.63) is 29.8 Å². The van der Waals surface area contributed by atoms with Gasteiger partial charge >= 0.3 is 0 Å². The number of ether oxygens (including phenoxy) is 1. The highest BCUT2D eigenvalue weighted by Gasteiger charge is 2.18. The normalized spacial score (nSPS) is 16.4. The Balaban J connectivity index is 1.89. The molecule has 1 saturated heterocycles. The molecular formula is C15H22N2O2. The number of nitrogens with one attached hydrogen (secondary N) is 1. The SMILES string of the molecule is COc1ccccc1C(C)NCC(=O)N1CCCC1. The van der Waals surface area contributed by atoms with E-state index in [1.165, 1.54) is 0 Å². The lowest BCUT2D eigenvalue weighted by molar-refractivity contribution is -0.129. The number of nitrogens with zero attached hydrogens (tertiary/aromatic N) is 1. The van der Waals surface area contributed by atoms with Gasteiger partial charge < -0.3 is 15.0 Å². The lowest BCUT2D eigenvalue weighted by Crippen LogP contribution is -2.37. The van der Waals surface area contributed by atoms with Crippen LogP contribution in [0.1, 0.15) is 31.4 Å². The molecular weight excluding hydrogens is 240 g/mol. The first-order valence-corrected chi connectivity index (χ1v) is 6.86. The minimum Gasteiger partial charge on any atom is -0.496 e. The molecule has 19 heavy (non-hydrogen) atoms. The summed E-state index contributed by atoms with van der Waals surface area (Å²) in [6.07, 6.45) is 2.27. The fourth-order valence-corrected chi connectivity index (χ4v) is 2.45. The number of carbonyl (C=O) groups is 1. The molecule has 4 heteroatoms. The molecule has 1 atom stereocenters. The van der Waals surface area contributed by atoms with Gasteiger partial charge in [0.25, 0.3) is 0 Å². The third-order valence-electron chi connectivity index (χ3n) is 3.62. The fraction of sp³-hybridized carbons (Fsp3) is 0.533. The van der Waals surface area contributed by atoms with Gasteiger partial charge in [0.05, 0.1) is 13.7 Å². The van der Waals surface area contributed by atoms with Crippen LogP contribution in [0.3, 0.4) is 0 Å². The second-order valence-electron chi connectivity index (χ2n) is 4.93. The van der Waals surface area contributed by atoms with Crippen LogP contribution in [0.15, 0.2) is 24.3 Å². The molecule has 1 aliphatic rings. The van der Waals surface area contributed by atoms with Crippen molar-refractivity contribution in [3.63, 3.8) is 0 Å². The number of para-hydroxylation sites is 1. The Hall–Kier alpha value is -1.55. The maximum atomic E-state index is 12.0. The first-order valence-electron chi connectivity index (χ1n) is 6.86. The molecule has 1 fully saturated rings. The van der Waals surface area contributed by atoms with Gasteiger partial charge in [0.1, 0.15) is 5.75 Å². The topological polar surface area (TPSA) is 41.6 Å². The summed E-state index contributed by atoms with van der Waals surface area (Å²) in [5.41, 5.74) is 1.08. The molecule has 1 aliphatic heterocycles. The van der Waals surface area contributed by atoms with Crippen LogP contribution in [0, 0.1) is 0 Å². The average molecular weight is 262 g/mol. The van der Waals surface area contributed by atoms with Crippen LogP contribution in [-0.4, -0.2) is 37.6 Å². The molecule has 4 nitrogen and oxygen atoms in total. The highest BCUT2D eigenvalue weighted by Crippen LogP contribution is 2.24. The largest absolute Gasteiger partial charge is 0.496 e. The van der Waals surface area contributed by atoms with Crippen LogP contribution < -0.4 is 10.1 Å². The highest BCUT2D eigenvalue weighted by atomic mass is 16.5. The summed E-state index contributed by atoms with van der Waals surface area (Å²) in [6, 6.07) is 8.00. The molecule has 0 bridgehead atoms. The van der Waals surface area contributed by atoms with Crippen molar-refractivity contribution in [1.82, 2.24) is 10.2 Å². The summed E-state index contributed by atoms with van der Waals surface area (Å²) < 4.78 is 5.34. The number of hydrogen-bond acceptors (Lipinski definition) is 3. The van der Waals surface area contributed by atoms with Crippen molar-refractivity contribution in [2.75, 3.05) is 26.7 Å². The number of likely N-dealkylation sites (tertiary alicyclic amines) is 1. The lowest BCUT2D eigenvalue weighted by Gasteiger charge is -2.20. The number of methoxy groups -OCH3 is 1. The van der Waals surface area contributed by atoms with Crippen molar-refractivity contribution < 1.29 is 9.53 Å². The van der Waals surface area contributed by atoms with Crippen molar-refractivity contribution in [2.45, 2.75) is 25.8 Å². The van der Waals surface area contributed by atoms with Gasteiger partial charge in [-0.1, -0.05) is 18.2 Å². The number of carbonyl (C=O) groups excluding carboxylic acids is 1. The summed E-state index contributed by atoms with van der Waals surface area (Å²) in [4.78, 5) is 13.9. The van der Waals surface area contributed by atoms with E-state index >= 15 is 0 Å². The smallest absolute Gasteiger partial charge is 0.236 e. The third kappa shape index (κ3) is 3.47. The molecule has 0 radical (unpaired) electrons. The van der Waals surface area contributed by atoms with Gasteiger partial charge in [-0.2, -0.15) is 0 Å². The van der Waals surface area contributed by atoms with Crippen molar-refractivity contribution >= 4 is 5.91 Å². The molecule has 1 unspecified atom stereocenters. The van der Waals surface area contributed by atoms with Gasteiger partial charge in [0.2, 0.25) is 5.91 Å². The van der Waals surface area contributed by atoms with Gasteiger partial charge in [-0.05, 0) is 25.8 Å². The van der Waals surface area contributed by atoms with Gasteiger partial charge in [-0.15, -0.1) is 0 Å². The molecule has 2 rings (SSSR count). The Morgan fingerprint density at radius 2 is 2.05 bits per heavy atom. The zero-order chi connectivity index (χ0) is 13.7. The molecule has 1 aromatic carbocycles. The van der Waals surface area contributed by atoms with Gasteiger partial charge in [0.15, 0.2) is 0 Å². The predicted molar refractivity (Wildman–Crippen MR) is 75.2 cm³/mol. The minimum atomic E-state index is 0.0997. The Labute approximate surface area is 114 Å². The molecule has 0 aromatic heterocycles. The molecule has 0 spiro atoms. The monoisotopic (exact) mass is 262 g/mol. The van der Waals surface area contributed by atoms with Crippen LogP contribution in [0.5, 0.6) is 5.75 Å². The standard InChI is InChI=1S/C15H22N2O2/c1-12(13-7-3-4-8-14(13)19-2)16-11-15(18)17-9-5-6-10-17/h3-4,7-8,12,16H,5-6,9-11H2,1-2H3. The predicted octanol–water partition coefficient (Wildman–Crippen LogP) is 1.97. The minimum absolute atomic E-state index is 0.0997.